The van der Waals surface area contributed by atoms with Crippen LogP contribution in [-0.2, 0) is 9.53 Å². The van der Waals surface area contributed by atoms with Crippen molar-refractivity contribution >= 4 is 5.97 Å². The summed E-state index contributed by atoms with van der Waals surface area (Å²) in [5.41, 5.74) is 3.31. The minimum atomic E-state index is -0.163. The predicted octanol–water partition coefficient (Wildman–Crippen LogP) is 3.48. The molecule has 0 amide bonds. The highest BCUT2D eigenvalue weighted by Gasteiger charge is 2.18. The van der Waals surface area contributed by atoms with Gasteiger partial charge in [-0.3, -0.25) is 4.79 Å². The van der Waals surface area contributed by atoms with Crippen LogP contribution in [0.4, 0.5) is 0 Å². The summed E-state index contributed by atoms with van der Waals surface area (Å²) >= 11 is 0. The molecule has 1 saturated heterocycles. The second kappa shape index (κ2) is 6.20. The Morgan fingerprint density at radius 3 is 2.84 bits per heavy atom. The van der Waals surface area contributed by atoms with Crippen molar-refractivity contribution in [3.05, 3.63) is 28.8 Å². The third-order valence-electron chi connectivity index (χ3n) is 3.68. The second-order valence-electron chi connectivity index (χ2n) is 5.35. The Morgan fingerprint density at radius 2 is 2.16 bits per heavy atom. The van der Waals surface area contributed by atoms with E-state index in [2.05, 4.69) is 6.07 Å². The van der Waals surface area contributed by atoms with Gasteiger partial charge in [-0.25, -0.2) is 0 Å². The number of ether oxygens (including phenoxy) is 2. The van der Waals surface area contributed by atoms with Gasteiger partial charge < -0.3 is 9.47 Å². The van der Waals surface area contributed by atoms with Gasteiger partial charge in [-0.2, -0.15) is 0 Å². The van der Waals surface area contributed by atoms with E-state index < -0.39 is 0 Å². The van der Waals surface area contributed by atoms with Crippen molar-refractivity contribution < 1.29 is 14.3 Å². The molecule has 3 heteroatoms. The molecule has 0 aromatic heterocycles. The molecule has 1 heterocycles. The molecule has 19 heavy (non-hydrogen) atoms. The number of rotatable bonds is 4. The van der Waals surface area contributed by atoms with Crippen LogP contribution in [0.15, 0.2) is 12.1 Å². The van der Waals surface area contributed by atoms with Crippen molar-refractivity contribution in [3.63, 3.8) is 0 Å². The largest absolute Gasteiger partial charge is 0.426 e. The van der Waals surface area contributed by atoms with Gasteiger partial charge in [-0.15, -0.1) is 0 Å². The van der Waals surface area contributed by atoms with Crippen LogP contribution >= 0.6 is 0 Å². The van der Waals surface area contributed by atoms with Gasteiger partial charge in [0.25, 0.3) is 0 Å². The fourth-order valence-corrected chi connectivity index (χ4v) is 2.43. The Labute approximate surface area is 114 Å². The van der Waals surface area contributed by atoms with E-state index in [1.165, 1.54) is 0 Å². The summed E-state index contributed by atoms with van der Waals surface area (Å²) in [5, 5.41) is 0. The number of esters is 1. The van der Waals surface area contributed by atoms with Crippen molar-refractivity contribution in [1.82, 2.24) is 0 Å². The Bertz CT molecular complexity index is 459. The predicted molar refractivity (Wildman–Crippen MR) is 74.5 cm³/mol. The van der Waals surface area contributed by atoms with Crippen molar-refractivity contribution in [2.45, 2.75) is 52.6 Å². The summed E-state index contributed by atoms with van der Waals surface area (Å²) in [6, 6.07) is 4.02. The maximum atomic E-state index is 11.9. The monoisotopic (exact) mass is 262 g/mol. The topological polar surface area (TPSA) is 35.5 Å². The maximum absolute atomic E-state index is 11.9. The average Bonchev–Trinajstić information content (AvgIpc) is 2.86. The van der Waals surface area contributed by atoms with Crippen LogP contribution in [0.1, 0.15) is 42.4 Å². The number of aryl methyl sites for hydroxylation is 2. The number of benzene rings is 1. The highest BCUT2D eigenvalue weighted by Crippen LogP contribution is 2.24. The molecule has 1 atom stereocenters. The van der Waals surface area contributed by atoms with Gasteiger partial charge >= 0.3 is 5.97 Å². The molecule has 0 aliphatic carbocycles. The second-order valence-corrected chi connectivity index (χ2v) is 5.35. The molecule has 0 bridgehead atoms. The average molecular weight is 262 g/mol. The van der Waals surface area contributed by atoms with Gasteiger partial charge in [0.2, 0.25) is 0 Å². The van der Waals surface area contributed by atoms with Gasteiger partial charge in [-0.05, 0) is 62.8 Å². The van der Waals surface area contributed by atoms with Gasteiger partial charge in [0, 0.05) is 13.0 Å². The molecule has 1 fully saturated rings. The van der Waals surface area contributed by atoms with E-state index in [1.807, 2.05) is 26.8 Å². The molecule has 3 nitrogen and oxygen atoms in total. The minimum Gasteiger partial charge on any atom is -0.426 e. The Kier molecular flexibility index (Phi) is 4.59. The molecule has 2 rings (SSSR count). The van der Waals surface area contributed by atoms with Crippen LogP contribution in [0.25, 0.3) is 0 Å². The summed E-state index contributed by atoms with van der Waals surface area (Å²) in [7, 11) is 0. The van der Waals surface area contributed by atoms with E-state index in [0.29, 0.717) is 12.2 Å². The van der Waals surface area contributed by atoms with Crippen molar-refractivity contribution in [2.24, 2.45) is 0 Å². The standard InChI is InChI=1S/C16H22O3/c1-11-9-12(2)13(3)15(10-11)19-16(17)7-6-14-5-4-8-18-14/h9-10,14H,4-8H2,1-3H3. The van der Waals surface area contributed by atoms with E-state index in [1.54, 1.807) is 0 Å². The van der Waals surface area contributed by atoms with Crippen LogP contribution in [0.3, 0.4) is 0 Å². The quantitative estimate of drug-likeness (QED) is 0.615. The summed E-state index contributed by atoms with van der Waals surface area (Å²) < 4.78 is 11.0. The maximum Gasteiger partial charge on any atom is 0.311 e. The molecular weight excluding hydrogens is 240 g/mol. The SMILES string of the molecule is Cc1cc(C)c(C)c(OC(=O)CCC2CCCO2)c1. The molecule has 0 N–H and O–H groups in total. The third kappa shape index (κ3) is 3.80. The fraction of sp³-hybridized carbons (Fsp3) is 0.562. The van der Waals surface area contributed by atoms with Crippen molar-refractivity contribution in [3.8, 4) is 5.75 Å². The smallest absolute Gasteiger partial charge is 0.311 e. The molecule has 0 radical (unpaired) electrons. The Balaban J connectivity index is 1.91. The van der Waals surface area contributed by atoms with E-state index in [0.717, 1.165) is 42.6 Å². The Hall–Kier alpha value is -1.35. The zero-order valence-electron chi connectivity index (χ0n) is 12.0. The van der Waals surface area contributed by atoms with E-state index in [4.69, 9.17) is 9.47 Å². The number of hydrogen-bond acceptors (Lipinski definition) is 3. The molecule has 1 aromatic carbocycles. The first-order chi connectivity index (χ1) is 9.06. The van der Waals surface area contributed by atoms with E-state index in [-0.39, 0.29) is 12.1 Å². The fourth-order valence-electron chi connectivity index (χ4n) is 2.43. The van der Waals surface area contributed by atoms with Crippen LogP contribution in [0.5, 0.6) is 5.75 Å². The summed E-state index contributed by atoms with van der Waals surface area (Å²) in [6.07, 6.45) is 3.61. The molecule has 0 spiro atoms. The first-order valence-electron chi connectivity index (χ1n) is 6.96. The van der Waals surface area contributed by atoms with Crippen molar-refractivity contribution in [2.75, 3.05) is 6.61 Å². The zero-order valence-corrected chi connectivity index (χ0v) is 12.0. The van der Waals surface area contributed by atoms with Gasteiger partial charge in [0.05, 0.1) is 6.10 Å². The zero-order chi connectivity index (χ0) is 13.8. The first kappa shape index (κ1) is 14.1. The lowest BCUT2D eigenvalue weighted by atomic mass is 10.1. The van der Waals surface area contributed by atoms with Gasteiger partial charge in [0.15, 0.2) is 0 Å². The summed E-state index contributed by atoms with van der Waals surface area (Å²) in [4.78, 5) is 11.9. The highest BCUT2D eigenvalue weighted by atomic mass is 16.5. The minimum absolute atomic E-state index is 0.163. The molecule has 1 aliphatic heterocycles. The number of carbonyl (C=O) groups is 1. The van der Waals surface area contributed by atoms with E-state index >= 15 is 0 Å². The van der Waals surface area contributed by atoms with Crippen LogP contribution in [-0.4, -0.2) is 18.7 Å². The molecule has 0 saturated carbocycles. The highest BCUT2D eigenvalue weighted by molar-refractivity contribution is 5.73. The summed E-state index contributed by atoms with van der Waals surface area (Å²) in [5.74, 6) is 0.526. The molecular formula is C16H22O3. The Morgan fingerprint density at radius 1 is 1.37 bits per heavy atom. The third-order valence-corrected chi connectivity index (χ3v) is 3.68. The molecule has 1 unspecified atom stereocenters. The molecule has 104 valence electrons. The molecule has 1 aromatic rings. The summed E-state index contributed by atoms with van der Waals surface area (Å²) in [6.45, 7) is 6.86. The lowest BCUT2D eigenvalue weighted by Crippen LogP contribution is -2.13. The van der Waals surface area contributed by atoms with Crippen LogP contribution < -0.4 is 4.74 Å². The van der Waals surface area contributed by atoms with E-state index in [9.17, 15) is 4.79 Å². The van der Waals surface area contributed by atoms with Gasteiger partial charge in [-0.1, -0.05) is 6.07 Å². The van der Waals surface area contributed by atoms with Crippen LogP contribution in [0.2, 0.25) is 0 Å². The number of carbonyl (C=O) groups excluding carboxylic acids is 1. The van der Waals surface area contributed by atoms with Crippen LogP contribution in [0, 0.1) is 20.8 Å². The lowest BCUT2D eigenvalue weighted by Gasteiger charge is -2.12. The molecule has 1 aliphatic rings. The van der Waals surface area contributed by atoms with Gasteiger partial charge in [0.1, 0.15) is 5.75 Å². The number of hydrogen-bond donors (Lipinski definition) is 0. The normalized spacial score (nSPS) is 18.6. The first-order valence-corrected chi connectivity index (χ1v) is 6.96. The van der Waals surface area contributed by atoms with Crippen molar-refractivity contribution in [1.29, 1.82) is 0 Å². The lowest BCUT2D eigenvalue weighted by molar-refractivity contribution is -0.135.